The van der Waals surface area contributed by atoms with Gasteiger partial charge in [0.25, 0.3) is 0 Å². The Labute approximate surface area is 484 Å². The van der Waals surface area contributed by atoms with Crippen molar-refractivity contribution < 1.29 is 90.2 Å². The number of rotatable bonds is 14. The minimum absolute atomic E-state index is 0.0696. The third-order valence-corrected chi connectivity index (χ3v) is 19.7. The van der Waals surface area contributed by atoms with E-state index < -0.39 is 35.8 Å². The fourth-order valence-corrected chi connectivity index (χ4v) is 13.7. The summed E-state index contributed by atoms with van der Waals surface area (Å²) in [7, 11) is 0. The molecule has 1 aromatic carbocycles. The maximum absolute atomic E-state index is 12.2. The van der Waals surface area contributed by atoms with Crippen LogP contribution >= 0.6 is 0 Å². The van der Waals surface area contributed by atoms with Crippen LogP contribution in [0.1, 0.15) is 183 Å². The lowest BCUT2D eigenvalue weighted by Crippen LogP contribution is -2.41. The van der Waals surface area contributed by atoms with Crippen LogP contribution in [0, 0.1) is 35.5 Å². The Morgan fingerprint density at radius 1 is 0.524 bits per heavy atom. The highest BCUT2D eigenvalue weighted by Crippen LogP contribution is 2.52. The molecule has 19 heteroatoms. The Morgan fingerprint density at radius 3 is 1.38 bits per heavy atom. The monoisotopic (exact) mass is 1150 g/mol. The summed E-state index contributed by atoms with van der Waals surface area (Å²) < 4.78 is 81.0. The van der Waals surface area contributed by atoms with Crippen molar-refractivity contribution in [1.29, 1.82) is 0 Å². The molecule has 458 valence electrons. The Hall–Kier alpha value is -3.98. The van der Waals surface area contributed by atoms with Crippen molar-refractivity contribution in [3.63, 3.8) is 0 Å². The summed E-state index contributed by atoms with van der Waals surface area (Å²) in [5.41, 5.74) is 0.131. The average molecular weight is 1150 g/mol. The van der Waals surface area contributed by atoms with E-state index in [1.54, 1.807) is 12.1 Å². The highest BCUT2D eigenvalue weighted by molar-refractivity contribution is 5.64. The van der Waals surface area contributed by atoms with E-state index in [0.29, 0.717) is 128 Å². The molecular weight excluding hydrogens is 1060 g/mol. The molecule has 0 amide bonds. The lowest BCUT2D eigenvalue weighted by atomic mass is 9.75. The van der Waals surface area contributed by atoms with Gasteiger partial charge in [-0.15, -0.1) is 0 Å². The average Bonchev–Trinajstić information content (AvgIpc) is 4.04. The van der Waals surface area contributed by atoms with Gasteiger partial charge in [0.2, 0.25) is 0 Å². The molecule has 6 aliphatic carbocycles. The first-order chi connectivity index (χ1) is 39.2. The molecule has 13 fully saturated rings. The number of epoxide rings is 7. The highest BCUT2D eigenvalue weighted by atomic mass is 16.8. The van der Waals surface area contributed by atoms with E-state index in [9.17, 15) is 19.2 Å². The van der Waals surface area contributed by atoms with Crippen LogP contribution in [0.15, 0.2) is 24.3 Å². The van der Waals surface area contributed by atoms with Crippen LogP contribution in [0.3, 0.4) is 0 Å². The summed E-state index contributed by atoms with van der Waals surface area (Å²) in [5, 5.41) is 0. The van der Waals surface area contributed by atoms with Crippen LogP contribution in [0.2, 0.25) is 0 Å². The second-order valence-corrected chi connectivity index (χ2v) is 27.6. The molecule has 82 heavy (non-hydrogen) atoms. The van der Waals surface area contributed by atoms with E-state index in [0.717, 1.165) is 128 Å². The first-order valence-corrected chi connectivity index (χ1v) is 31.3. The van der Waals surface area contributed by atoms with Crippen molar-refractivity contribution >= 4 is 24.6 Å². The Bertz CT molecular complexity index is 2280. The van der Waals surface area contributed by atoms with Crippen LogP contribution in [-0.4, -0.2) is 147 Å². The van der Waals surface area contributed by atoms with Gasteiger partial charge in [0.15, 0.2) is 0 Å². The number of fused-ring (bicyclic) bond motifs is 6. The summed E-state index contributed by atoms with van der Waals surface area (Å²) in [5.74, 6) is 2.92. The number of benzene rings is 1. The number of hydrogen-bond donors (Lipinski definition) is 0. The zero-order valence-corrected chi connectivity index (χ0v) is 49.7. The van der Waals surface area contributed by atoms with Gasteiger partial charge in [-0.1, -0.05) is 12.1 Å². The first kappa shape index (κ1) is 59.7. The van der Waals surface area contributed by atoms with Gasteiger partial charge in [-0.25, -0.2) is 19.2 Å². The Kier molecular flexibility index (Phi) is 18.3. The molecule has 6 saturated carbocycles. The predicted molar refractivity (Wildman–Crippen MR) is 293 cm³/mol. The SMILES string of the molecule is CC(C)(C)OC(=O)OCC1CCC2OC2C1.CC(C)(OC(=O)Oc1ccc(C2CO2)cc1)C1CCC2(C)OC2C1.CC(OC(=O)OC(C)C1CCC2OC2C1)C1CCC2OC2C1.O=C(OCC1CCC2OC2C1)OCC1CCC2OC2C1. The number of hydrogen-bond acceptors (Lipinski definition) is 19. The maximum atomic E-state index is 12.2. The van der Waals surface area contributed by atoms with Gasteiger partial charge in [0.1, 0.15) is 35.3 Å². The molecule has 19 nitrogen and oxygen atoms in total. The van der Waals surface area contributed by atoms with Gasteiger partial charge >= 0.3 is 24.6 Å². The second kappa shape index (κ2) is 25.2. The van der Waals surface area contributed by atoms with Gasteiger partial charge in [0, 0.05) is 5.92 Å². The van der Waals surface area contributed by atoms with Gasteiger partial charge in [-0.2, -0.15) is 0 Å². The zero-order chi connectivity index (χ0) is 57.5. The van der Waals surface area contributed by atoms with E-state index >= 15 is 0 Å². The quantitative estimate of drug-likeness (QED) is 0.0729. The van der Waals surface area contributed by atoms with E-state index in [1.807, 2.05) is 60.6 Å². The lowest BCUT2D eigenvalue weighted by molar-refractivity contribution is -0.0378. The van der Waals surface area contributed by atoms with E-state index in [-0.39, 0.29) is 23.9 Å². The number of carbonyl (C=O) groups is 4. The van der Waals surface area contributed by atoms with Gasteiger partial charge < -0.3 is 71.1 Å². The summed E-state index contributed by atoms with van der Waals surface area (Å²) in [6.07, 6.45) is 21.7. The Balaban J connectivity index is 0.000000116. The van der Waals surface area contributed by atoms with Crippen molar-refractivity contribution in [2.75, 3.05) is 26.4 Å². The van der Waals surface area contributed by atoms with Crippen molar-refractivity contribution in [2.24, 2.45) is 35.5 Å². The minimum Gasteiger partial charge on any atom is -0.434 e. The number of carbonyl (C=O) groups excluding carboxylic acids is 4. The van der Waals surface area contributed by atoms with Gasteiger partial charge in [0.05, 0.1) is 99.2 Å². The molecule has 0 N–H and O–H groups in total. The largest absolute Gasteiger partial charge is 0.514 e. The van der Waals surface area contributed by atoms with Gasteiger partial charge in [-0.3, -0.25) is 0 Å². The van der Waals surface area contributed by atoms with Crippen LogP contribution in [0.25, 0.3) is 0 Å². The van der Waals surface area contributed by atoms with Crippen molar-refractivity contribution in [2.45, 2.75) is 273 Å². The topological polar surface area (TPSA) is 230 Å². The molecular formula is C63H92O19. The minimum atomic E-state index is -0.652. The smallest absolute Gasteiger partial charge is 0.434 e. The molecule has 0 spiro atoms. The van der Waals surface area contributed by atoms with Crippen LogP contribution < -0.4 is 4.74 Å². The van der Waals surface area contributed by atoms with Crippen LogP contribution in [0.4, 0.5) is 19.2 Å². The fourth-order valence-electron chi connectivity index (χ4n) is 13.7. The fraction of sp³-hybridized carbons (Fsp3) is 0.841. The van der Waals surface area contributed by atoms with E-state index in [1.165, 1.54) is 0 Å². The summed E-state index contributed by atoms with van der Waals surface area (Å²) in [4.78, 5) is 47.1. The third kappa shape index (κ3) is 17.1. The molecule has 21 unspecified atom stereocenters. The summed E-state index contributed by atoms with van der Waals surface area (Å²) in [6.45, 7) is 17.7. The highest BCUT2D eigenvalue weighted by Gasteiger charge is 2.58. The second-order valence-electron chi connectivity index (χ2n) is 27.6. The van der Waals surface area contributed by atoms with Crippen molar-refractivity contribution in [3.8, 4) is 5.75 Å². The molecule has 21 atom stereocenters. The van der Waals surface area contributed by atoms with Gasteiger partial charge in [-0.05, 0) is 218 Å². The van der Waals surface area contributed by atoms with E-state index in [4.69, 9.17) is 71.1 Å². The molecule has 7 saturated heterocycles. The lowest BCUT2D eigenvalue weighted by Gasteiger charge is -2.35. The molecule has 0 bridgehead atoms. The summed E-state index contributed by atoms with van der Waals surface area (Å²) in [6, 6.07) is 7.38. The number of ether oxygens (including phenoxy) is 15. The molecule has 0 aromatic heterocycles. The molecule has 1 aromatic rings. The molecule has 14 rings (SSSR count). The first-order valence-electron chi connectivity index (χ1n) is 31.3. The van der Waals surface area contributed by atoms with Crippen molar-refractivity contribution in [3.05, 3.63) is 29.8 Å². The normalized spacial score (nSPS) is 39.5. The van der Waals surface area contributed by atoms with Crippen LogP contribution in [0.5, 0.6) is 5.75 Å². The van der Waals surface area contributed by atoms with Crippen molar-refractivity contribution in [1.82, 2.24) is 0 Å². The van der Waals surface area contributed by atoms with Crippen LogP contribution in [-0.2, 0) is 66.3 Å². The summed E-state index contributed by atoms with van der Waals surface area (Å²) >= 11 is 0. The third-order valence-electron chi connectivity index (χ3n) is 19.7. The maximum Gasteiger partial charge on any atom is 0.514 e. The molecule has 7 aliphatic heterocycles. The molecule has 0 radical (unpaired) electrons. The van der Waals surface area contributed by atoms with E-state index in [2.05, 4.69) is 6.92 Å². The zero-order valence-electron chi connectivity index (χ0n) is 49.7. The Morgan fingerprint density at radius 2 is 0.963 bits per heavy atom. The molecule has 7 heterocycles. The predicted octanol–water partition coefficient (Wildman–Crippen LogP) is 11.8. The molecule has 13 aliphatic rings. The standard InChI is InChI=1S/C19H24O5.C17H26O5.C15H22O5.C12H20O4/c1-18(2,13-8-9-19(3)16(10-13)23-19)24-17(20)22-14-6-4-12(5-7-14)15-11-21-15;1-9(11-3-5-13-15(7-11)21-13)19-17(18)20-10(2)12-4-6-14-16(8-12)22-14;16-15(17-7-9-1-3-11-13(5-9)19-11)18-8-10-2-4-12-14(6-10)20-12;1-12(2,3)16-11(13)14-7-8-4-5-9-10(6-8)15-9/h4-7,13,15-16H,8-11H2,1-3H3;9-16H,3-8H2,1-2H3;9-14H,1-8H2;8-10H,4-7H2,1-3H3.